The fraction of sp³-hybridized carbons (Fsp3) is 0.250. The highest BCUT2D eigenvalue weighted by Crippen LogP contribution is 2.22. The summed E-state index contributed by atoms with van der Waals surface area (Å²) < 4.78 is 0. The standard InChI is InChI=1S/C12H14N2/c1-8-6-7-14-12-10(8)4-3-5-11(12)9(2)13/h3-7,9H,13H2,1-2H3. The van der Waals surface area contributed by atoms with E-state index in [0.29, 0.717) is 0 Å². The average molecular weight is 186 g/mol. The lowest BCUT2D eigenvalue weighted by Gasteiger charge is -2.09. The highest BCUT2D eigenvalue weighted by molar-refractivity contribution is 5.84. The van der Waals surface area contributed by atoms with Crippen LogP contribution in [0.5, 0.6) is 0 Å². The second-order valence-corrected chi connectivity index (χ2v) is 3.66. The molecule has 0 spiro atoms. The largest absolute Gasteiger partial charge is 0.324 e. The van der Waals surface area contributed by atoms with Gasteiger partial charge in [-0.15, -0.1) is 0 Å². The van der Waals surface area contributed by atoms with E-state index >= 15 is 0 Å². The molecule has 1 atom stereocenters. The minimum atomic E-state index is 0.0352. The smallest absolute Gasteiger partial charge is 0.0752 e. The number of rotatable bonds is 1. The summed E-state index contributed by atoms with van der Waals surface area (Å²) in [5.41, 5.74) is 9.28. The van der Waals surface area contributed by atoms with Gasteiger partial charge in [-0.1, -0.05) is 18.2 Å². The molecular weight excluding hydrogens is 172 g/mol. The van der Waals surface area contributed by atoms with Gasteiger partial charge in [0.15, 0.2) is 0 Å². The van der Waals surface area contributed by atoms with E-state index in [4.69, 9.17) is 5.73 Å². The molecule has 0 radical (unpaired) electrons. The molecule has 0 saturated carbocycles. The van der Waals surface area contributed by atoms with E-state index in [9.17, 15) is 0 Å². The fourth-order valence-electron chi connectivity index (χ4n) is 1.70. The second-order valence-electron chi connectivity index (χ2n) is 3.66. The van der Waals surface area contributed by atoms with Crippen molar-refractivity contribution in [3.8, 4) is 0 Å². The number of pyridine rings is 1. The SMILES string of the molecule is Cc1ccnc2c(C(C)N)cccc12. The maximum Gasteiger partial charge on any atom is 0.0752 e. The van der Waals surface area contributed by atoms with Gasteiger partial charge in [-0.3, -0.25) is 4.98 Å². The van der Waals surface area contributed by atoms with Crippen LogP contribution in [0.15, 0.2) is 30.5 Å². The normalized spacial score (nSPS) is 13.1. The molecule has 1 aromatic carbocycles. The number of para-hydroxylation sites is 1. The number of hydrogen-bond donors (Lipinski definition) is 1. The van der Waals surface area contributed by atoms with Gasteiger partial charge in [0.05, 0.1) is 5.52 Å². The topological polar surface area (TPSA) is 38.9 Å². The second kappa shape index (κ2) is 3.39. The lowest BCUT2D eigenvalue weighted by molar-refractivity contribution is 0.824. The zero-order valence-electron chi connectivity index (χ0n) is 8.49. The first-order chi connectivity index (χ1) is 6.70. The van der Waals surface area contributed by atoms with Crippen LogP contribution in [0.2, 0.25) is 0 Å². The van der Waals surface area contributed by atoms with Gasteiger partial charge < -0.3 is 5.73 Å². The van der Waals surface area contributed by atoms with E-state index in [1.165, 1.54) is 10.9 Å². The Balaban J connectivity index is 2.81. The summed E-state index contributed by atoms with van der Waals surface area (Å²) in [5, 5.41) is 1.20. The Morgan fingerprint density at radius 1 is 1.29 bits per heavy atom. The highest BCUT2D eigenvalue weighted by atomic mass is 14.7. The number of nitrogens with two attached hydrogens (primary N) is 1. The summed E-state index contributed by atoms with van der Waals surface area (Å²) >= 11 is 0. The van der Waals surface area contributed by atoms with Gasteiger partial charge in [0.1, 0.15) is 0 Å². The van der Waals surface area contributed by atoms with Gasteiger partial charge in [0.2, 0.25) is 0 Å². The summed E-state index contributed by atoms with van der Waals surface area (Å²) in [7, 11) is 0. The van der Waals surface area contributed by atoms with Crippen LogP contribution in [0.3, 0.4) is 0 Å². The van der Waals surface area contributed by atoms with E-state index in [0.717, 1.165) is 11.1 Å². The molecule has 1 aromatic heterocycles. The van der Waals surface area contributed by atoms with Gasteiger partial charge in [0.25, 0.3) is 0 Å². The Kier molecular flexibility index (Phi) is 2.22. The van der Waals surface area contributed by atoms with Crippen molar-refractivity contribution >= 4 is 10.9 Å². The Morgan fingerprint density at radius 3 is 2.79 bits per heavy atom. The first-order valence-electron chi connectivity index (χ1n) is 4.80. The molecule has 0 fully saturated rings. The minimum absolute atomic E-state index is 0.0352. The molecule has 0 aliphatic heterocycles. The van der Waals surface area contributed by atoms with Crippen molar-refractivity contribution in [2.24, 2.45) is 5.73 Å². The first-order valence-corrected chi connectivity index (χ1v) is 4.80. The molecule has 0 amide bonds. The maximum atomic E-state index is 5.89. The molecule has 2 N–H and O–H groups in total. The third-order valence-electron chi connectivity index (χ3n) is 2.51. The van der Waals surface area contributed by atoms with Crippen molar-refractivity contribution in [3.63, 3.8) is 0 Å². The highest BCUT2D eigenvalue weighted by Gasteiger charge is 2.06. The van der Waals surface area contributed by atoms with Crippen molar-refractivity contribution < 1.29 is 0 Å². The van der Waals surface area contributed by atoms with Crippen molar-refractivity contribution in [3.05, 3.63) is 41.6 Å². The maximum absolute atomic E-state index is 5.89. The lowest BCUT2D eigenvalue weighted by Crippen LogP contribution is -2.06. The molecule has 0 aliphatic rings. The van der Waals surface area contributed by atoms with Crippen molar-refractivity contribution in [1.82, 2.24) is 4.98 Å². The third-order valence-corrected chi connectivity index (χ3v) is 2.51. The number of hydrogen-bond acceptors (Lipinski definition) is 2. The van der Waals surface area contributed by atoms with Gasteiger partial charge >= 0.3 is 0 Å². The van der Waals surface area contributed by atoms with E-state index in [1.54, 1.807) is 0 Å². The molecule has 0 saturated heterocycles. The summed E-state index contributed by atoms with van der Waals surface area (Å²) in [4.78, 5) is 4.38. The molecule has 2 rings (SSSR count). The third kappa shape index (κ3) is 1.38. The molecule has 72 valence electrons. The van der Waals surface area contributed by atoms with Crippen LogP contribution in [0, 0.1) is 6.92 Å². The van der Waals surface area contributed by atoms with E-state index in [-0.39, 0.29) is 6.04 Å². The Bertz CT molecular complexity index is 461. The molecule has 14 heavy (non-hydrogen) atoms. The number of aromatic nitrogens is 1. The molecule has 2 aromatic rings. The molecule has 0 bridgehead atoms. The lowest BCUT2D eigenvalue weighted by atomic mass is 10.0. The van der Waals surface area contributed by atoms with Crippen LogP contribution < -0.4 is 5.73 Å². The summed E-state index contributed by atoms with van der Waals surface area (Å²) in [6.45, 7) is 4.08. The van der Waals surface area contributed by atoms with E-state index < -0.39 is 0 Å². The fourth-order valence-corrected chi connectivity index (χ4v) is 1.70. The summed E-state index contributed by atoms with van der Waals surface area (Å²) in [6.07, 6.45) is 1.84. The zero-order valence-corrected chi connectivity index (χ0v) is 8.49. The predicted molar refractivity (Wildman–Crippen MR) is 59.1 cm³/mol. The van der Waals surface area contributed by atoms with Crippen LogP contribution >= 0.6 is 0 Å². The van der Waals surface area contributed by atoms with Gasteiger partial charge in [0, 0.05) is 17.6 Å². The van der Waals surface area contributed by atoms with Crippen LogP contribution in [0.4, 0.5) is 0 Å². The van der Waals surface area contributed by atoms with Crippen LogP contribution in [-0.4, -0.2) is 4.98 Å². The zero-order chi connectivity index (χ0) is 10.1. The molecular formula is C12H14N2. The number of aryl methyl sites for hydroxylation is 1. The average Bonchev–Trinajstić information content (AvgIpc) is 2.17. The summed E-state index contributed by atoms with van der Waals surface area (Å²) in [6, 6.07) is 8.22. The molecule has 1 heterocycles. The van der Waals surface area contributed by atoms with E-state index in [2.05, 4.69) is 18.0 Å². The molecule has 1 unspecified atom stereocenters. The van der Waals surface area contributed by atoms with Crippen LogP contribution in [0.25, 0.3) is 10.9 Å². The van der Waals surface area contributed by atoms with Gasteiger partial charge in [-0.2, -0.15) is 0 Å². The number of benzene rings is 1. The van der Waals surface area contributed by atoms with Crippen molar-refractivity contribution in [2.75, 3.05) is 0 Å². The van der Waals surface area contributed by atoms with E-state index in [1.807, 2.05) is 31.3 Å². The Hall–Kier alpha value is -1.41. The Morgan fingerprint density at radius 2 is 2.07 bits per heavy atom. The van der Waals surface area contributed by atoms with Crippen LogP contribution in [0.1, 0.15) is 24.1 Å². The van der Waals surface area contributed by atoms with Gasteiger partial charge in [-0.05, 0) is 31.0 Å². The summed E-state index contributed by atoms with van der Waals surface area (Å²) in [5.74, 6) is 0. The molecule has 2 nitrogen and oxygen atoms in total. The minimum Gasteiger partial charge on any atom is -0.324 e. The Labute approximate surface area is 83.8 Å². The van der Waals surface area contributed by atoms with Crippen molar-refractivity contribution in [2.45, 2.75) is 19.9 Å². The van der Waals surface area contributed by atoms with Crippen LogP contribution in [-0.2, 0) is 0 Å². The predicted octanol–water partition coefficient (Wildman–Crippen LogP) is 2.56. The molecule has 2 heteroatoms. The van der Waals surface area contributed by atoms with Crippen molar-refractivity contribution in [1.29, 1.82) is 0 Å². The first kappa shape index (κ1) is 9.16. The number of fused-ring (bicyclic) bond motifs is 1. The number of nitrogens with zero attached hydrogens (tertiary/aromatic N) is 1. The quantitative estimate of drug-likeness (QED) is 0.743. The molecule has 0 aliphatic carbocycles. The van der Waals surface area contributed by atoms with Gasteiger partial charge in [-0.25, -0.2) is 0 Å². The monoisotopic (exact) mass is 186 g/mol.